The first kappa shape index (κ1) is 27.0. The third-order valence-electron chi connectivity index (χ3n) is 3.80. The Morgan fingerprint density at radius 3 is 2.12 bits per heavy atom. The van der Waals surface area contributed by atoms with Gasteiger partial charge in [-0.15, -0.1) is 0 Å². The van der Waals surface area contributed by atoms with Crippen LogP contribution in [-0.4, -0.2) is 98.4 Å². The van der Waals surface area contributed by atoms with Crippen molar-refractivity contribution in [2.75, 3.05) is 39.9 Å². The fourth-order valence-corrected chi connectivity index (χ4v) is 2.15. The van der Waals surface area contributed by atoms with E-state index in [1.165, 1.54) is 20.9 Å². The van der Waals surface area contributed by atoms with E-state index in [0.717, 1.165) is 4.90 Å². The molecule has 0 fully saturated rings. The van der Waals surface area contributed by atoms with Crippen molar-refractivity contribution < 1.29 is 39.7 Å². The molecule has 15 heteroatoms. The first-order chi connectivity index (χ1) is 15.8. The van der Waals surface area contributed by atoms with E-state index in [2.05, 4.69) is 26.6 Å². The molecular weight excluding hydrogens is 442 g/mol. The molecule has 0 aliphatic heterocycles. The molecule has 0 heterocycles. The summed E-state index contributed by atoms with van der Waals surface area (Å²) in [6.45, 7) is -0.0496. The molecular formula is C18H29N7O8. The lowest BCUT2D eigenvalue weighted by atomic mass is 10.1. The fraction of sp³-hybridized carbons (Fsp3) is 0.556. The third-order valence-corrected chi connectivity index (χ3v) is 3.80. The lowest BCUT2D eigenvalue weighted by Crippen LogP contribution is -2.53. The Labute approximate surface area is 191 Å². The van der Waals surface area contributed by atoms with Gasteiger partial charge in [-0.1, -0.05) is 0 Å². The normalized spacial score (nSPS) is 11.1. The number of hydrogen-bond donors (Lipinski definition) is 6. The van der Waals surface area contributed by atoms with Crippen molar-refractivity contribution in [3.8, 4) is 0 Å². The molecule has 0 aromatic rings. The van der Waals surface area contributed by atoms with Crippen molar-refractivity contribution in [1.82, 2.24) is 36.8 Å². The fourth-order valence-electron chi connectivity index (χ4n) is 2.15. The number of hydrogen-bond acceptors (Lipinski definition) is 8. The van der Waals surface area contributed by atoms with Gasteiger partial charge in [-0.2, -0.15) is 0 Å². The van der Waals surface area contributed by atoms with Crippen LogP contribution in [0, 0.1) is 0 Å². The van der Waals surface area contributed by atoms with Crippen LogP contribution in [0.3, 0.4) is 0 Å². The lowest BCUT2D eigenvalue weighted by Gasteiger charge is -2.22. The average Bonchev–Trinajstić information content (AvgIpc) is 2.76. The maximum absolute atomic E-state index is 12.2. The molecule has 184 valence electrons. The molecule has 0 saturated heterocycles. The zero-order valence-corrected chi connectivity index (χ0v) is 18.5. The molecule has 0 aromatic heterocycles. The maximum Gasteiger partial charge on any atom is 0.243 e. The highest BCUT2D eigenvalue weighted by atomic mass is 16.2. The Hall–Kier alpha value is -4.04. The van der Waals surface area contributed by atoms with Gasteiger partial charge in [0.25, 0.3) is 0 Å². The monoisotopic (exact) mass is 472 g/mol. The van der Waals surface area contributed by atoms with E-state index in [-0.39, 0.29) is 19.0 Å². The molecule has 33 heavy (non-hydrogen) atoms. The summed E-state index contributed by atoms with van der Waals surface area (Å²) >= 11 is 0. The van der Waals surface area contributed by atoms with Gasteiger partial charge < -0.3 is 36.8 Å². The number of ketones is 1. The summed E-state index contributed by atoms with van der Waals surface area (Å²) in [5.41, 5.74) is 0. The summed E-state index contributed by atoms with van der Waals surface area (Å²) in [5.74, 6) is -4.59. The van der Waals surface area contributed by atoms with Crippen LogP contribution in [0.2, 0.25) is 0 Å². The Morgan fingerprint density at radius 2 is 1.58 bits per heavy atom. The number of carbonyl (C=O) groups is 8. The molecule has 15 nitrogen and oxygen atoms in total. The molecule has 0 bridgehead atoms. The highest BCUT2D eigenvalue weighted by Crippen LogP contribution is 1.94. The van der Waals surface area contributed by atoms with Crippen LogP contribution in [0.1, 0.15) is 21.6 Å². The molecule has 0 saturated carbocycles. The summed E-state index contributed by atoms with van der Waals surface area (Å²) in [5, 5.41) is 13.3. The number of amides is 7. The van der Waals surface area contributed by atoms with Gasteiger partial charge in [0.05, 0.1) is 32.7 Å². The minimum Gasteiger partial charge on any atom is -0.359 e. The third kappa shape index (κ3) is 13.8. The topological polar surface area (TPSA) is 212 Å². The lowest BCUT2D eigenvalue weighted by molar-refractivity contribution is -0.137. The second-order valence-electron chi connectivity index (χ2n) is 6.63. The van der Waals surface area contributed by atoms with Crippen LogP contribution in [-0.2, 0) is 38.4 Å². The van der Waals surface area contributed by atoms with Crippen LogP contribution in [0.25, 0.3) is 0 Å². The van der Waals surface area contributed by atoms with Gasteiger partial charge in [-0.3, -0.25) is 38.4 Å². The Bertz CT molecular complexity index is 820. The van der Waals surface area contributed by atoms with Gasteiger partial charge in [0, 0.05) is 14.0 Å². The van der Waals surface area contributed by atoms with Crippen LogP contribution in [0.5, 0.6) is 0 Å². The number of nitrogens with zero attached hydrogens (tertiary/aromatic N) is 1. The van der Waals surface area contributed by atoms with Crippen LogP contribution >= 0.6 is 0 Å². The Balaban J connectivity index is 4.94. The summed E-state index contributed by atoms with van der Waals surface area (Å²) in [6, 6.07) is -1.31. The molecule has 0 aromatic carbocycles. The molecule has 1 atom stereocenters. The second kappa shape index (κ2) is 15.7. The van der Waals surface area contributed by atoms with Gasteiger partial charge in [-0.05, 0) is 6.92 Å². The molecule has 6 N–H and O–H groups in total. The van der Waals surface area contributed by atoms with E-state index in [1.54, 1.807) is 0 Å². The van der Waals surface area contributed by atoms with E-state index in [9.17, 15) is 38.4 Å². The SMILES string of the molecule is [2H]C(=O)NCC(=O)N(CNC(C)=O)CC(=O)NCC(=O)NC(CC(=O)NC)C(=O)NCC(C)=O. The van der Waals surface area contributed by atoms with Crippen molar-refractivity contribution >= 4 is 47.6 Å². The summed E-state index contributed by atoms with van der Waals surface area (Å²) in [4.78, 5) is 93.9. The average molecular weight is 472 g/mol. The van der Waals surface area contributed by atoms with Gasteiger partial charge in [0.15, 0.2) is 0 Å². The number of nitrogens with one attached hydrogen (secondary N) is 6. The highest BCUT2D eigenvalue weighted by Gasteiger charge is 2.24. The van der Waals surface area contributed by atoms with E-state index < -0.39 is 73.9 Å². The number of carbonyl (C=O) groups excluding carboxylic acids is 8. The standard InChI is InChI=1S/C18H29N7O8/c1-11(27)5-22-18(33)13(4-14(29)19-3)24-15(30)6-21-16(31)8-25(9-23-12(2)28)17(32)7-20-10-26/h10,13H,4-9H2,1-3H3,(H,19,29)(H,20,26)(H,21,31)(H,22,33)(H,23,28)(H,24,30)/i10D. The molecule has 1 unspecified atom stereocenters. The molecule has 0 aliphatic carbocycles. The molecule has 0 rings (SSSR count). The van der Waals surface area contributed by atoms with E-state index >= 15 is 0 Å². The van der Waals surface area contributed by atoms with Crippen LogP contribution in [0.15, 0.2) is 0 Å². The van der Waals surface area contributed by atoms with Gasteiger partial charge in [0.1, 0.15) is 19.7 Å². The Kier molecular flexibility index (Phi) is 12.9. The summed E-state index contributed by atoms with van der Waals surface area (Å²) in [7, 11) is 1.33. The summed E-state index contributed by atoms with van der Waals surface area (Å²) < 4.78 is 6.74. The molecule has 7 amide bonds. The quantitative estimate of drug-likeness (QED) is 0.106. The number of Topliss-reactive ketones (excluding diaryl/α,β-unsaturated/α-hetero) is 1. The zero-order valence-electron chi connectivity index (χ0n) is 19.5. The predicted octanol–water partition coefficient (Wildman–Crippen LogP) is -4.90. The van der Waals surface area contributed by atoms with Gasteiger partial charge >= 0.3 is 0 Å². The first-order valence-corrected chi connectivity index (χ1v) is 9.66. The predicted molar refractivity (Wildman–Crippen MR) is 112 cm³/mol. The van der Waals surface area contributed by atoms with E-state index in [4.69, 9.17) is 1.37 Å². The second-order valence-corrected chi connectivity index (χ2v) is 6.63. The van der Waals surface area contributed by atoms with Crippen molar-refractivity contribution in [2.45, 2.75) is 26.3 Å². The van der Waals surface area contributed by atoms with Crippen molar-refractivity contribution in [2.24, 2.45) is 0 Å². The molecule has 0 spiro atoms. The Morgan fingerprint density at radius 1 is 0.909 bits per heavy atom. The minimum absolute atomic E-state index is 0.297. The smallest absolute Gasteiger partial charge is 0.243 e. The van der Waals surface area contributed by atoms with E-state index in [0.29, 0.717) is 0 Å². The molecule has 0 aliphatic rings. The van der Waals surface area contributed by atoms with Gasteiger partial charge in [0.2, 0.25) is 41.8 Å². The van der Waals surface area contributed by atoms with Gasteiger partial charge in [-0.25, -0.2) is 0 Å². The minimum atomic E-state index is -1.31. The van der Waals surface area contributed by atoms with Crippen molar-refractivity contribution in [3.63, 3.8) is 0 Å². The maximum atomic E-state index is 12.2. The van der Waals surface area contributed by atoms with Crippen molar-refractivity contribution in [3.05, 3.63) is 0 Å². The number of rotatable bonds is 14. The molecule has 0 radical (unpaired) electrons. The van der Waals surface area contributed by atoms with Crippen LogP contribution < -0.4 is 31.9 Å². The van der Waals surface area contributed by atoms with Crippen LogP contribution in [0.4, 0.5) is 0 Å². The first-order valence-electron chi connectivity index (χ1n) is 10.2. The zero-order chi connectivity index (χ0) is 26.3. The largest absolute Gasteiger partial charge is 0.359 e. The van der Waals surface area contributed by atoms with Crippen molar-refractivity contribution in [1.29, 1.82) is 0 Å². The van der Waals surface area contributed by atoms with E-state index in [1.807, 2.05) is 5.32 Å². The summed E-state index contributed by atoms with van der Waals surface area (Å²) in [6.07, 6.45) is -1.63. The highest BCUT2D eigenvalue weighted by molar-refractivity contribution is 5.95.